The van der Waals surface area contributed by atoms with Gasteiger partial charge in [-0.3, -0.25) is 14.7 Å². The fourth-order valence-electron chi connectivity index (χ4n) is 5.60. The summed E-state index contributed by atoms with van der Waals surface area (Å²) in [7, 11) is 5.19. The van der Waals surface area contributed by atoms with E-state index in [4.69, 9.17) is 9.47 Å². The van der Waals surface area contributed by atoms with Gasteiger partial charge in [0.25, 0.3) is 0 Å². The lowest BCUT2D eigenvalue weighted by atomic mass is 9.71. The average Bonchev–Trinajstić information content (AvgIpc) is 2.92. The summed E-state index contributed by atoms with van der Waals surface area (Å²) in [4.78, 5) is 20.1. The molecule has 0 radical (unpaired) electrons. The van der Waals surface area contributed by atoms with Crippen molar-refractivity contribution in [2.45, 2.75) is 38.3 Å². The SMILES string of the molecule is COc1ccc2ncc(N(C)C)c(C(F)CCC3(CC(=O)O)CCN(CCOc4c(F)cc(F)cc4F)CC3)c2c1. The fraction of sp³-hybridized carbons (Fsp3) is 0.467. The molecule has 2 heterocycles. The quantitative estimate of drug-likeness (QED) is 0.259. The molecule has 0 saturated carbocycles. The molecule has 1 aliphatic rings. The molecule has 41 heavy (non-hydrogen) atoms. The van der Waals surface area contributed by atoms with Crippen molar-refractivity contribution in [3.05, 3.63) is 59.5 Å². The number of piperidine rings is 1. The van der Waals surface area contributed by atoms with Gasteiger partial charge in [0, 0.05) is 43.7 Å². The monoisotopic (exact) mass is 577 g/mol. The van der Waals surface area contributed by atoms with Gasteiger partial charge in [-0.2, -0.15) is 0 Å². The first-order valence-corrected chi connectivity index (χ1v) is 13.5. The zero-order valence-corrected chi connectivity index (χ0v) is 23.4. The maximum atomic E-state index is 16.1. The maximum Gasteiger partial charge on any atom is 0.303 e. The second kappa shape index (κ2) is 12.9. The molecule has 0 amide bonds. The first-order chi connectivity index (χ1) is 19.5. The van der Waals surface area contributed by atoms with Crippen molar-refractivity contribution in [3.8, 4) is 11.5 Å². The van der Waals surface area contributed by atoms with Crippen molar-refractivity contribution in [2.24, 2.45) is 5.41 Å². The highest BCUT2D eigenvalue weighted by molar-refractivity contribution is 5.88. The van der Waals surface area contributed by atoms with Crippen LogP contribution in [0.2, 0.25) is 0 Å². The van der Waals surface area contributed by atoms with Crippen molar-refractivity contribution in [1.29, 1.82) is 0 Å². The van der Waals surface area contributed by atoms with Crippen LogP contribution in [0.1, 0.15) is 43.8 Å². The number of fused-ring (bicyclic) bond motifs is 1. The Bertz CT molecular complexity index is 1360. The molecule has 4 rings (SSSR count). The van der Waals surface area contributed by atoms with E-state index < -0.39 is 40.8 Å². The minimum absolute atomic E-state index is 0.0240. The Labute approximate surface area is 236 Å². The molecule has 2 aromatic carbocycles. The van der Waals surface area contributed by atoms with Crippen LogP contribution < -0.4 is 14.4 Å². The Hall–Kier alpha value is -3.60. The molecular weight excluding hydrogens is 542 g/mol. The summed E-state index contributed by atoms with van der Waals surface area (Å²) in [6.45, 7) is 1.38. The Morgan fingerprint density at radius 2 is 1.83 bits per heavy atom. The molecule has 1 N–H and O–H groups in total. The molecule has 1 atom stereocenters. The summed E-state index contributed by atoms with van der Waals surface area (Å²) >= 11 is 0. The number of carboxylic acid groups (broad SMARTS) is 1. The Morgan fingerprint density at radius 1 is 1.15 bits per heavy atom. The molecule has 1 saturated heterocycles. The van der Waals surface area contributed by atoms with Crippen LogP contribution in [0.3, 0.4) is 0 Å². The average molecular weight is 578 g/mol. The standard InChI is InChI=1S/C30H35F4N3O4/c1-36(2)26-18-35-25-5-4-20(40-3)16-21(25)28(26)22(32)6-7-30(17-27(38)39)8-10-37(11-9-30)12-13-41-29-23(33)14-19(31)15-24(29)34/h4-5,14-16,18,22H,6-13,17H2,1-3H3,(H,38,39). The number of carboxylic acids is 1. The number of alkyl halides is 1. The lowest BCUT2D eigenvalue weighted by Crippen LogP contribution is -2.42. The van der Waals surface area contributed by atoms with Gasteiger partial charge in [0.1, 0.15) is 24.3 Å². The van der Waals surface area contributed by atoms with E-state index >= 15 is 4.39 Å². The maximum absolute atomic E-state index is 16.1. The number of hydrogen-bond acceptors (Lipinski definition) is 6. The second-order valence-electron chi connectivity index (χ2n) is 10.8. The second-order valence-corrected chi connectivity index (χ2v) is 10.8. The number of hydrogen-bond donors (Lipinski definition) is 1. The minimum atomic E-state index is -1.36. The largest absolute Gasteiger partial charge is 0.497 e. The van der Waals surface area contributed by atoms with Crippen LogP contribution >= 0.6 is 0 Å². The molecule has 1 aliphatic heterocycles. The van der Waals surface area contributed by atoms with Gasteiger partial charge in [-0.15, -0.1) is 0 Å². The number of rotatable bonds is 12. The molecule has 3 aromatic rings. The highest BCUT2D eigenvalue weighted by atomic mass is 19.1. The first-order valence-electron chi connectivity index (χ1n) is 13.5. The number of anilines is 1. The Morgan fingerprint density at radius 3 is 2.44 bits per heavy atom. The van der Waals surface area contributed by atoms with Crippen molar-refractivity contribution in [2.75, 3.05) is 52.3 Å². The third kappa shape index (κ3) is 7.19. The van der Waals surface area contributed by atoms with Crippen LogP contribution in [-0.2, 0) is 4.79 Å². The van der Waals surface area contributed by atoms with E-state index in [0.717, 1.165) is 0 Å². The smallest absolute Gasteiger partial charge is 0.303 e. The number of aromatic nitrogens is 1. The lowest BCUT2D eigenvalue weighted by Gasteiger charge is -2.41. The third-order valence-electron chi connectivity index (χ3n) is 7.88. The number of pyridine rings is 1. The van der Waals surface area contributed by atoms with Crippen LogP contribution in [0.5, 0.6) is 11.5 Å². The van der Waals surface area contributed by atoms with Gasteiger partial charge >= 0.3 is 5.97 Å². The van der Waals surface area contributed by atoms with Crippen LogP contribution in [0.25, 0.3) is 10.9 Å². The van der Waals surface area contributed by atoms with Crippen molar-refractivity contribution >= 4 is 22.6 Å². The zero-order chi connectivity index (χ0) is 29.7. The van der Waals surface area contributed by atoms with Crippen LogP contribution in [-0.4, -0.2) is 68.4 Å². The molecule has 0 bridgehead atoms. The van der Waals surface area contributed by atoms with Crippen LogP contribution in [0.15, 0.2) is 36.5 Å². The van der Waals surface area contributed by atoms with E-state index in [1.165, 1.54) is 0 Å². The lowest BCUT2D eigenvalue weighted by molar-refractivity contribution is -0.141. The van der Waals surface area contributed by atoms with Gasteiger partial charge < -0.3 is 19.5 Å². The Balaban J connectivity index is 1.43. The Kier molecular flexibility index (Phi) is 9.57. The highest BCUT2D eigenvalue weighted by Crippen LogP contribution is 2.44. The number of methoxy groups -OCH3 is 1. The third-order valence-corrected chi connectivity index (χ3v) is 7.88. The molecule has 1 unspecified atom stereocenters. The molecule has 0 aliphatic carbocycles. The number of nitrogens with zero attached hydrogens (tertiary/aromatic N) is 3. The number of ether oxygens (including phenoxy) is 2. The fourth-order valence-corrected chi connectivity index (χ4v) is 5.60. The van der Waals surface area contributed by atoms with Gasteiger partial charge in [-0.1, -0.05) is 0 Å². The minimum Gasteiger partial charge on any atom is -0.497 e. The summed E-state index contributed by atoms with van der Waals surface area (Å²) in [5.41, 5.74) is 1.19. The summed E-state index contributed by atoms with van der Waals surface area (Å²) in [6, 6.07) is 6.45. The number of carbonyl (C=O) groups is 1. The van der Waals surface area contributed by atoms with E-state index in [0.29, 0.717) is 78.9 Å². The molecule has 222 valence electrons. The van der Waals surface area contributed by atoms with E-state index in [2.05, 4.69) is 4.98 Å². The van der Waals surface area contributed by atoms with Gasteiger partial charge in [0.15, 0.2) is 17.4 Å². The molecular formula is C30H35F4N3O4. The van der Waals surface area contributed by atoms with Gasteiger partial charge in [-0.25, -0.2) is 17.6 Å². The van der Waals surface area contributed by atoms with Gasteiger partial charge in [-0.05, 0) is 62.4 Å². The summed E-state index contributed by atoms with van der Waals surface area (Å²) in [6.07, 6.45) is 1.76. The van der Waals surface area contributed by atoms with E-state index in [9.17, 15) is 23.1 Å². The molecule has 1 fully saturated rings. The van der Waals surface area contributed by atoms with Crippen LogP contribution in [0, 0.1) is 22.9 Å². The predicted octanol–water partition coefficient (Wildman–Crippen LogP) is 6.15. The topological polar surface area (TPSA) is 75.1 Å². The first kappa shape index (κ1) is 30.4. The summed E-state index contributed by atoms with van der Waals surface area (Å²) in [5.74, 6) is -4.22. The summed E-state index contributed by atoms with van der Waals surface area (Å²) in [5, 5.41) is 10.3. The number of benzene rings is 2. The summed E-state index contributed by atoms with van der Waals surface area (Å²) < 4.78 is 67.5. The van der Waals surface area contributed by atoms with Crippen molar-refractivity contribution in [3.63, 3.8) is 0 Å². The van der Waals surface area contributed by atoms with Crippen molar-refractivity contribution in [1.82, 2.24) is 9.88 Å². The number of halogens is 4. The normalized spacial score (nSPS) is 16.0. The van der Waals surface area contributed by atoms with E-state index in [1.807, 2.05) is 23.9 Å². The van der Waals surface area contributed by atoms with Gasteiger partial charge in [0.2, 0.25) is 0 Å². The van der Waals surface area contributed by atoms with E-state index in [1.54, 1.807) is 31.5 Å². The molecule has 11 heteroatoms. The highest BCUT2D eigenvalue weighted by Gasteiger charge is 2.37. The predicted molar refractivity (Wildman–Crippen MR) is 148 cm³/mol. The van der Waals surface area contributed by atoms with Crippen molar-refractivity contribution < 1.29 is 36.9 Å². The van der Waals surface area contributed by atoms with Gasteiger partial charge in [0.05, 0.1) is 30.9 Å². The number of aliphatic carboxylic acids is 1. The van der Waals surface area contributed by atoms with E-state index in [-0.39, 0.29) is 19.4 Å². The van der Waals surface area contributed by atoms with Crippen LogP contribution in [0.4, 0.5) is 23.2 Å². The zero-order valence-electron chi connectivity index (χ0n) is 23.4. The molecule has 7 nitrogen and oxygen atoms in total. The number of likely N-dealkylation sites (tertiary alicyclic amines) is 1. The molecule has 0 spiro atoms. The molecule has 1 aromatic heterocycles.